The highest BCUT2D eigenvalue weighted by Gasteiger charge is 2.25. The Morgan fingerprint density at radius 2 is 1.84 bits per heavy atom. The van der Waals surface area contributed by atoms with Crippen LogP contribution in [0.1, 0.15) is 23.6 Å². The van der Waals surface area contributed by atoms with Gasteiger partial charge in [0, 0.05) is 10.6 Å². The number of thioether (sulfide) groups is 1. The van der Waals surface area contributed by atoms with E-state index in [1.807, 2.05) is 48.7 Å². The molecule has 1 heterocycles. The average molecular weight is 445 g/mol. The molecule has 0 aliphatic carbocycles. The van der Waals surface area contributed by atoms with E-state index in [9.17, 15) is 10.1 Å². The molecule has 0 saturated carbocycles. The number of rotatable bonds is 10. The monoisotopic (exact) mass is 444 g/mol. The Labute approximate surface area is 184 Å². The van der Waals surface area contributed by atoms with Crippen LogP contribution in [0.2, 0.25) is 0 Å². The van der Waals surface area contributed by atoms with Crippen LogP contribution in [0.4, 0.5) is 0 Å². The fourth-order valence-electron chi connectivity index (χ4n) is 3.08. The van der Waals surface area contributed by atoms with Crippen LogP contribution in [0, 0.1) is 17.0 Å². The molecule has 0 amide bonds. The Kier molecular flexibility index (Phi) is 7.35. The van der Waals surface area contributed by atoms with Crippen molar-refractivity contribution in [2.75, 3.05) is 27.4 Å². The minimum Gasteiger partial charge on any atom is -0.497 e. The summed E-state index contributed by atoms with van der Waals surface area (Å²) in [5, 5.41) is 19.9. The van der Waals surface area contributed by atoms with Crippen LogP contribution < -0.4 is 14.2 Å². The molecule has 3 aromatic rings. The Balaban J connectivity index is 1.96. The molecule has 10 heteroatoms. The lowest BCUT2D eigenvalue weighted by molar-refractivity contribution is -0.479. The zero-order chi connectivity index (χ0) is 22.4. The van der Waals surface area contributed by atoms with E-state index in [2.05, 4.69) is 10.2 Å². The lowest BCUT2D eigenvalue weighted by atomic mass is 10.1. The number of benzene rings is 2. The van der Waals surface area contributed by atoms with Gasteiger partial charge in [-0.3, -0.25) is 14.7 Å². The van der Waals surface area contributed by atoms with Crippen molar-refractivity contribution in [1.29, 1.82) is 0 Å². The van der Waals surface area contributed by atoms with Crippen LogP contribution in [0.25, 0.3) is 5.69 Å². The summed E-state index contributed by atoms with van der Waals surface area (Å²) in [5.41, 5.74) is 1.58. The number of methoxy groups -OCH3 is 2. The summed E-state index contributed by atoms with van der Waals surface area (Å²) in [6, 6.07) is 12.8. The molecule has 1 atom stereocenters. The number of hydrogen-bond acceptors (Lipinski definition) is 8. The van der Waals surface area contributed by atoms with Gasteiger partial charge in [-0.15, -0.1) is 10.2 Å². The molecule has 0 bridgehead atoms. The zero-order valence-electron chi connectivity index (χ0n) is 17.8. The van der Waals surface area contributed by atoms with E-state index in [0.717, 1.165) is 17.0 Å². The van der Waals surface area contributed by atoms with Gasteiger partial charge in [-0.25, -0.2) is 0 Å². The molecule has 3 rings (SSSR count). The van der Waals surface area contributed by atoms with Gasteiger partial charge >= 0.3 is 0 Å². The molecule has 31 heavy (non-hydrogen) atoms. The number of aromatic nitrogens is 3. The SMILES string of the molecule is CCOc1ccc([C@H](C[N+](=O)[O-])Sc2nnc(C)n2-c2ccc(OC)cc2)cc1OC. The molecule has 2 aromatic carbocycles. The lowest BCUT2D eigenvalue weighted by Gasteiger charge is -2.16. The second kappa shape index (κ2) is 10.2. The van der Waals surface area contributed by atoms with Gasteiger partial charge in [0.15, 0.2) is 16.7 Å². The predicted molar refractivity (Wildman–Crippen MR) is 117 cm³/mol. The highest BCUT2D eigenvalue weighted by molar-refractivity contribution is 7.99. The summed E-state index contributed by atoms with van der Waals surface area (Å²) in [6.07, 6.45) is 0. The third-order valence-corrected chi connectivity index (χ3v) is 5.73. The zero-order valence-corrected chi connectivity index (χ0v) is 18.6. The predicted octanol–water partition coefficient (Wildman–Crippen LogP) is 4.10. The van der Waals surface area contributed by atoms with Gasteiger partial charge in [0.25, 0.3) is 0 Å². The van der Waals surface area contributed by atoms with Crippen molar-refractivity contribution >= 4 is 11.8 Å². The van der Waals surface area contributed by atoms with E-state index < -0.39 is 5.25 Å². The van der Waals surface area contributed by atoms with Crippen LogP contribution in [0.15, 0.2) is 47.6 Å². The summed E-state index contributed by atoms with van der Waals surface area (Å²) in [5.74, 6) is 2.53. The first-order valence-electron chi connectivity index (χ1n) is 9.62. The maximum Gasteiger partial charge on any atom is 0.220 e. The first kappa shape index (κ1) is 22.4. The van der Waals surface area contributed by atoms with Crippen LogP contribution in [0.3, 0.4) is 0 Å². The molecule has 1 aromatic heterocycles. The van der Waals surface area contributed by atoms with E-state index in [0.29, 0.717) is 29.1 Å². The van der Waals surface area contributed by atoms with Gasteiger partial charge in [-0.2, -0.15) is 0 Å². The van der Waals surface area contributed by atoms with Gasteiger partial charge in [0.05, 0.1) is 20.8 Å². The maximum atomic E-state index is 11.4. The molecular weight excluding hydrogens is 420 g/mol. The summed E-state index contributed by atoms with van der Waals surface area (Å²) in [4.78, 5) is 11.1. The van der Waals surface area contributed by atoms with E-state index in [1.54, 1.807) is 26.4 Å². The fourth-order valence-corrected chi connectivity index (χ4v) is 4.24. The molecule has 0 saturated heterocycles. The Morgan fingerprint density at radius 1 is 1.10 bits per heavy atom. The first-order chi connectivity index (χ1) is 15.0. The maximum absolute atomic E-state index is 11.4. The van der Waals surface area contributed by atoms with Crippen LogP contribution >= 0.6 is 11.8 Å². The number of hydrogen-bond donors (Lipinski definition) is 0. The largest absolute Gasteiger partial charge is 0.497 e. The topological polar surface area (TPSA) is 102 Å². The fraction of sp³-hybridized carbons (Fsp3) is 0.333. The second-order valence-corrected chi connectivity index (χ2v) is 7.70. The minimum absolute atomic E-state index is 0.281. The highest BCUT2D eigenvalue weighted by atomic mass is 32.2. The van der Waals surface area contributed by atoms with Crippen molar-refractivity contribution in [3.05, 3.63) is 64.0 Å². The minimum atomic E-state index is -0.500. The summed E-state index contributed by atoms with van der Waals surface area (Å²) < 4.78 is 18.1. The molecule has 9 nitrogen and oxygen atoms in total. The Hall–Kier alpha value is -3.27. The second-order valence-electron chi connectivity index (χ2n) is 6.53. The molecule has 0 aliphatic rings. The van der Waals surface area contributed by atoms with Crippen molar-refractivity contribution < 1.29 is 19.1 Å². The van der Waals surface area contributed by atoms with Crippen molar-refractivity contribution in [3.8, 4) is 22.9 Å². The van der Waals surface area contributed by atoms with Crippen molar-refractivity contribution in [2.24, 2.45) is 0 Å². The first-order valence-corrected chi connectivity index (χ1v) is 10.5. The molecular formula is C21H24N4O5S. The van der Waals surface area contributed by atoms with Crippen molar-refractivity contribution in [3.63, 3.8) is 0 Å². The van der Waals surface area contributed by atoms with Crippen molar-refractivity contribution in [1.82, 2.24) is 14.8 Å². The van der Waals surface area contributed by atoms with E-state index in [-0.39, 0.29) is 11.5 Å². The third-order valence-electron chi connectivity index (χ3n) is 4.55. The Bertz CT molecular complexity index is 1040. The van der Waals surface area contributed by atoms with Crippen LogP contribution in [-0.2, 0) is 0 Å². The van der Waals surface area contributed by atoms with Gasteiger partial charge < -0.3 is 14.2 Å². The van der Waals surface area contributed by atoms with Gasteiger partial charge in [0.1, 0.15) is 16.8 Å². The highest BCUT2D eigenvalue weighted by Crippen LogP contribution is 2.39. The van der Waals surface area contributed by atoms with Crippen LogP contribution in [0.5, 0.6) is 17.2 Å². The van der Waals surface area contributed by atoms with Gasteiger partial charge in [-0.05, 0) is 55.8 Å². The summed E-state index contributed by atoms with van der Waals surface area (Å²) in [6.45, 7) is 3.93. The average Bonchev–Trinajstić information content (AvgIpc) is 3.13. The molecule has 164 valence electrons. The van der Waals surface area contributed by atoms with E-state index >= 15 is 0 Å². The lowest BCUT2D eigenvalue weighted by Crippen LogP contribution is -2.11. The molecule has 0 radical (unpaired) electrons. The standard InChI is InChI=1S/C21H24N4O5S/c1-5-30-18-11-6-15(12-19(18)29-4)20(13-24(26)27)31-21-23-22-14(2)25(21)16-7-9-17(28-3)10-8-16/h6-12,20H,5,13H2,1-4H3/t20-/m0/s1. The number of aryl methyl sites for hydroxylation is 1. The van der Waals surface area contributed by atoms with E-state index in [4.69, 9.17) is 14.2 Å². The van der Waals surface area contributed by atoms with E-state index in [1.165, 1.54) is 11.8 Å². The summed E-state index contributed by atoms with van der Waals surface area (Å²) >= 11 is 1.28. The van der Waals surface area contributed by atoms with Gasteiger partial charge in [0.2, 0.25) is 6.54 Å². The van der Waals surface area contributed by atoms with Crippen LogP contribution in [-0.4, -0.2) is 47.1 Å². The van der Waals surface area contributed by atoms with Crippen molar-refractivity contribution in [2.45, 2.75) is 24.3 Å². The molecule has 0 N–H and O–H groups in total. The molecule has 0 spiro atoms. The smallest absolute Gasteiger partial charge is 0.220 e. The molecule has 0 aliphatic heterocycles. The molecule has 0 unspecified atom stereocenters. The normalized spacial score (nSPS) is 11.7. The molecule has 0 fully saturated rings. The summed E-state index contributed by atoms with van der Waals surface area (Å²) in [7, 11) is 3.15. The number of nitrogens with zero attached hydrogens (tertiary/aromatic N) is 4. The Morgan fingerprint density at radius 3 is 2.45 bits per heavy atom. The third kappa shape index (κ3) is 5.26. The number of ether oxygens (including phenoxy) is 3. The number of nitro groups is 1. The van der Waals surface area contributed by atoms with Gasteiger partial charge in [-0.1, -0.05) is 17.8 Å². The quantitative estimate of drug-likeness (QED) is 0.262.